The zero-order valence-corrected chi connectivity index (χ0v) is 14.2. The van der Waals surface area contributed by atoms with E-state index >= 15 is 0 Å². The van der Waals surface area contributed by atoms with E-state index in [-0.39, 0.29) is 0 Å². The molecule has 1 aromatic heterocycles. The Labute approximate surface area is 140 Å². The van der Waals surface area contributed by atoms with E-state index in [1.165, 1.54) is 16.0 Å². The first-order valence-corrected chi connectivity index (χ1v) is 8.40. The molecule has 0 aliphatic rings. The van der Waals surface area contributed by atoms with Gasteiger partial charge in [-0.15, -0.1) is 11.3 Å². The van der Waals surface area contributed by atoms with Crippen molar-refractivity contribution in [1.29, 1.82) is 0 Å². The Morgan fingerprint density at radius 3 is 2.65 bits per heavy atom. The number of benzene rings is 2. The lowest BCUT2D eigenvalue weighted by Gasteiger charge is -2.11. The number of thiazole rings is 1. The quantitative estimate of drug-likeness (QED) is 0.702. The van der Waals surface area contributed by atoms with Crippen LogP contribution in [0.1, 0.15) is 26.6 Å². The number of aromatic nitrogens is 1. The van der Waals surface area contributed by atoms with Crippen molar-refractivity contribution in [2.24, 2.45) is 0 Å². The SMILES string of the molecule is Cc1cnc(Cc2ccc(OCc3ccccc3C)c(N)c2)s1. The molecule has 0 amide bonds. The van der Waals surface area contributed by atoms with Crippen molar-refractivity contribution in [3.8, 4) is 5.75 Å². The summed E-state index contributed by atoms with van der Waals surface area (Å²) in [6.45, 7) is 4.68. The molecule has 2 aromatic carbocycles. The van der Waals surface area contributed by atoms with Crippen LogP contribution in [0.5, 0.6) is 5.75 Å². The third-order valence-electron chi connectivity index (χ3n) is 3.74. The maximum Gasteiger partial charge on any atom is 0.142 e. The summed E-state index contributed by atoms with van der Waals surface area (Å²) >= 11 is 1.72. The summed E-state index contributed by atoms with van der Waals surface area (Å²) in [7, 11) is 0. The summed E-state index contributed by atoms with van der Waals surface area (Å²) < 4.78 is 5.87. The lowest BCUT2D eigenvalue weighted by atomic mass is 10.1. The number of hydrogen-bond acceptors (Lipinski definition) is 4. The number of nitrogens with zero attached hydrogens (tertiary/aromatic N) is 1. The average molecular weight is 324 g/mol. The number of ether oxygens (including phenoxy) is 1. The smallest absolute Gasteiger partial charge is 0.142 e. The van der Waals surface area contributed by atoms with Crippen LogP contribution >= 0.6 is 11.3 Å². The van der Waals surface area contributed by atoms with Gasteiger partial charge in [-0.25, -0.2) is 4.98 Å². The van der Waals surface area contributed by atoms with Gasteiger partial charge in [-0.2, -0.15) is 0 Å². The van der Waals surface area contributed by atoms with Crippen LogP contribution in [0, 0.1) is 13.8 Å². The fourth-order valence-electron chi connectivity index (χ4n) is 2.42. The van der Waals surface area contributed by atoms with E-state index in [0.717, 1.165) is 22.7 Å². The van der Waals surface area contributed by atoms with E-state index < -0.39 is 0 Å². The molecule has 3 aromatic rings. The highest BCUT2D eigenvalue weighted by atomic mass is 32.1. The van der Waals surface area contributed by atoms with Gasteiger partial charge >= 0.3 is 0 Å². The van der Waals surface area contributed by atoms with E-state index in [1.807, 2.05) is 30.5 Å². The molecule has 0 fully saturated rings. The minimum Gasteiger partial charge on any atom is -0.487 e. The number of aryl methyl sites for hydroxylation is 2. The molecule has 4 heteroatoms. The first-order chi connectivity index (χ1) is 11.1. The molecule has 0 radical (unpaired) electrons. The van der Waals surface area contributed by atoms with Gasteiger partial charge in [0.25, 0.3) is 0 Å². The van der Waals surface area contributed by atoms with Crippen molar-refractivity contribution in [3.63, 3.8) is 0 Å². The van der Waals surface area contributed by atoms with Crippen molar-refractivity contribution in [2.45, 2.75) is 26.9 Å². The van der Waals surface area contributed by atoms with Crippen LogP contribution in [0.4, 0.5) is 5.69 Å². The van der Waals surface area contributed by atoms with Gasteiger partial charge in [-0.3, -0.25) is 0 Å². The van der Waals surface area contributed by atoms with Crippen molar-refractivity contribution in [3.05, 3.63) is 75.2 Å². The second-order valence-corrected chi connectivity index (χ2v) is 6.95. The predicted octanol–water partition coefficient (Wildman–Crippen LogP) is 4.51. The second kappa shape index (κ2) is 6.84. The summed E-state index contributed by atoms with van der Waals surface area (Å²) in [6.07, 6.45) is 2.71. The Balaban J connectivity index is 1.68. The third kappa shape index (κ3) is 3.90. The Kier molecular flexibility index (Phi) is 4.63. The van der Waals surface area contributed by atoms with Gasteiger partial charge in [-0.05, 0) is 42.7 Å². The van der Waals surface area contributed by atoms with Gasteiger partial charge in [0.1, 0.15) is 12.4 Å². The highest BCUT2D eigenvalue weighted by Gasteiger charge is 2.06. The lowest BCUT2D eigenvalue weighted by Crippen LogP contribution is -2.01. The van der Waals surface area contributed by atoms with Crippen LogP contribution in [-0.2, 0) is 13.0 Å². The number of rotatable bonds is 5. The highest BCUT2D eigenvalue weighted by molar-refractivity contribution is 7.11. The molecule has 0 unspecified atom stereocenters. The molecule has 0 bridgehead atoms. The highest BCUT2D eigenvalue weighted by Crippen LogP contribution is 2.26. The Morgan fingerprint density at radius 1 is 1.13 bits per heavy atom. The maximum atomic E-state index is 6.14. The van der Waals surface area contributed by atoms with E-state index in [1.54, 1.807) is 11.3 Å². The Morgan fingerprint density at radius 2 is 1.96 bits per heavy atom. The minimum atomic E-state index is 0.530. The van der Waals surface area contributed by atoms with Gasteiger partial charge in [-0.1, -0.05) is 30.3 Å². The maximum absolute atomic E-state index is 6.14. The average Bonchev–Trinajstić information content (AvgIpc) is 2.93. The summed E-state index contributed by atoms with van der Waals surface area (Å²) in [5.41, 5.74) is 10.4. The standard InChI is InChI=1S/C19H20N2OS/c1-13-5-3-4-6-16(13)12-22-18-8-7-15(9-17(18)20)10-19-21-11-14(2)23-19/h3-9,11H,10,12,20H2,1-2H3. The third-order valence-corrected chi connectivity index (χ3v) is 4.66. The molecule has 0 saturated carbocycles. The zero-order valence-electron chi connectivity index (χ0n) is 13.4. The number of nitrogen functional groups attached to an aromatic ring is 1. The lowest BCUT2D eigenvalue weighted by molar-refractivity contribution is 0.307. The molecule has 3 nitrogen and oxygen atoms in total. The predicted molar refractivity (Wildman–Crippen MR) is 96.0 cm³/mol. The van der Waals surface area contributed by atoms with E-state index in [4.69, 9.17) is 10.5 Å². The van der Waals surface area contributed by atoms with Gasteiger partial charge in [0.2, 0.25) is 0 Å². The van der Waals surface area contributed by atoms with Gasteiger partial charge in [0.15, 0.2) is 0 Å². The zero-order chi connectivity index (χ0) is 16.2. The molecule has 1 heterocycles. The number of hydrogen-bond donors (Lipinski definition) is 1. The molecule has 2 N–H and O–H groups in total. The van der Waals surface area contributed by atoms with E-state index in [9.17, 15) is 0 Å². The van der Waals surface area contributed by atoms with Gasteiger partial charge in [0, 0.05) is 17.5 Å². The van der Waals surface area contributed by atoms with Crippen molar-refractivity contribution >= 4 is 17.0 Å². The summed E-state index contributed by atoms with van der Waals surface area (Å²) in [4.78, 5) is 5.62. The van der Waals surface area contributed by atoms with Crippen LogP contribution in [0.15, 0.2) is 48.7 Å². The van der Waals surface area contributed by atoms with Crippen molar-refractivity contribution in [2.75, 3.05) is 5.73 Å². The minimum absolute atomic E-state index is 0.530. The molecule has 0 saturated heterocycles. The van der Waals surface area contributed by atoms with Crippen molar-refractivity contribution < 1.29 is 4.74 Å². The number of nitrogens with two attached hydrogens (primary N) is 1. The second-order valence-electron chi connectivity index (χ2n) is 5.63. The van der Waals surface area contributed by atoms with E-state index in [0.29, 0.717) is 12.3 Å². The summed E-state index contributed by atoms with van der Waals surface area (Å²) in [5.74, 6) is 0.729. The molecule has 0 aliphatic carbocycles. The molecular weight excluding hydrogens is 304 g/mol. The Hall–Kier alpha value is -2.33. The molecule has 0 aliphatic heterocycles. The first-order valence-electron chi connectivity index (χ1n) is 7.59. The summed E-state index contributed by atoms with van der Waals surface area (Å²) in [6, 6.07) is 14.2. The van der Waals surface area contributed by atoms with Crippen LogP contribution in [0.25, 0.3) is 0 Å². The fraction of sp³-hybridized carbons (Fsp3) is 0.211. The van der Waals surface area contributed by atoms with Crippen LogP contribution < -0.4 is 10.5 Å². The Bertz CT molecular complexity index is 811. The molecule has 3 rings (SSSR count). The fourth-order valence-corrected chi connectivity index (χ4v) is 3.25. The van der Waals surface area contributed by atoms with Gasteiger partial charge < -0.3 is 10.5 Å². The van der Waals surface area contributed by atoms with Crippen LogP contribution in [-0.4, -0.2) is 4.98 Å². The van der Waals surface area contributed by atoms with Gasteiger partial charge in [0.05, 0.1) is 10.7 Å². The normalized spacial score (nSPS) is 10.7. The topological polar surface area (TPSA) is 48.1 Å². The number of anilines is 1. The van der Waals surface area contributed by atoms with E-state index in [2.05, 4.69) is 37.0 Å². The molecular formula is C19H20N2OS. The molecule has 23 heavy (non-hydrogen) atoms. The molecule has 0 spiro atoms. The molecule has 0 atom stereocenters. The summed E-state index contributed by atoms with van der Waals surface area (Å²) in [5, 5.41) is 1.11. The monoisotopic (exact) mass is 324 g/mol. The van der Waals surface area contributed by atoms with Crippen LogP contribution in [0.3, 0.4) is 0 Å². The molecule has 118 valence electrons. The van der Waals surface area contributed by atoms with Crippen LogP contribution in [0.2, 0.25) is 0 Å². The largest absolute Gasteiger partial charge is 0.487 e. The van der Waals surface area contributed by atoms with Crippen molar-refractivity contribution in [1.82, 2.24) is 4.98 Å². The first kappa shape index (κ1) is 15.6.